The molecule has 78 valence electrons. The van der Waals surface area contributed by atoms with Gasteiger partial charge in [0, 0.05) is 11.8 Å². The normalized spacial score (nSPS) is 15.0. The molecule has 0 saturated carbocycles. The molecule has 1 unspecified atom stereocenters. The number of aromatic amines is 1. The SMILES string of the molecule is CCCCC(N)(C(=O)O)c1cn[nH]c1. The highest BCUT2D eigenvalue weighted by Crippen LogP contribution is 2.23. The summed E-state index contributed by atoms with van der Waals surface area (Å²) in [5.41, 5.74) is 5.06. The summed E-state index contributed by atoms with van der Waals surface area (Å²) in [5.74, 6) is -1.01. The zero-order chi connectivity index (χ0) is 10.6. The largest absolute Gasteiger partial charge is 0.480 e. The van der Waals surface area contributed by atoms with Crippen molar-refractivity contribution >= 4 is 5.97 Å². The van der Waals surface area contributed by atoms with Gasteiger partial charge >= 0.3 is 5.97 Å². The third-order valence-corrected chi connectivity index (χ3v) is 2.32. The number of hydrogen-bond donors (Lipinski definition) is 3. The van der Waals surface area contributed by atoms with Crippen LogP contribution >= 0.6 is 0 Å². The summed E-state index contributed by atoms with van der Waals surface area (Å²) in [6, 6.07) is 0. The highest BCUT2D eigenvalue weighted by atomic mass is 16.4. The Hall–Kier alpha value is -1.36. The van der Waals surface area contributed by atoms with Gasteiger partial charge in [-0.3, -0.25) is 5.10 Å². The summed E-state index contributed by atoms with van der Waals surface area (Å²) < 4.78 is 0. The molecule has 5 heteroatoms. The Labute approximate surface area is 82.3 Å². The van der Waals surface area contributed by atoms with Crippen LogP contribution in [0.3, 0.4) is 0 Å². The first-order chi connectivity index (χ1) is 6.61. The van der Waals surface area contributed by atoms with Crippen molar-refractivity contribution < 1.29 is 9.90 Å². The number of aliphatic carboxylic acids is 1. The molecule has 0 fully saturated rings. The van der Waals surface area contributed by atoms with E-state index >= 15 is 0 Å². The maximum atomic E-state index is 11.1. The summed E-state index contributed by atoms with van der Waals surface area (Å²) in [6.07, 6.45) is 5.13. The molecule has 1 aromatic rings. The van der Waals surface area contributed by atoms with Gasteiger partial charge in [-0.25, -0.2) is 4.79 Å². The summed E-state index contributed by atoms with van der Waals surface area (Å²) >= 11 is 0. The molecule has 0 bridgehead atoms. The van der Waals surface area contributed by atoms with E-state index in [1.54, 1.807) is 0 Å². The quantitative estimate of drug-likeness (QED) is 0.652. The van der Waals surface area contributed by atoms with Gasteiger partial charge in [-0.05, 0) is 6.42 Å². The zero-order valence-electron chi connectivity index (χ0n) is 8.16. The fourth-order valence-corrected chi connectivity index (χ4v) is 1.33. The van der Waals surface area contributed by atoms with E-state index in [9.17, 15) is 4.79 Å². The Morgan fingerprint density at radius 2 is 2.50 bits per heavy atom. The van der Waals surface area contributed by atoms with Crippen LogP contribution in [0.25, 0.3) is 0 Å². The number of nitrogens with two attached hydrogens (primary N) is 1. The number of aromatic nitrogens is 2. The lowest BCUT2D eigenvalue weighted by Gasteiger charge is -2.22. The van der Waals surface area contributed by atoms with Gasteiger partial charge in [-0.2, -0.15) is 5.10 Å². The van der Waals surface area contributed by atoms with E-state index in [-0.39, 0.29) is 0 Å². The molecule has 14 heavy (non-hydrogen) atoms. The molecule has 1 rings (SSSR count). The van der Waals surface area contributed by atoms with Crippen LogP contribution in [0.1, 0.15) is 31.7 Å². The first-order valence-corrected chi connectivity index (χ1v) is 4.62. The standard InChI is InChI=1S/C9H15N3O2/c1-2-3-4-9(10,8(13)14)7-5-11-12-6-7/h5-6H,2-4,10H2,1H3,(H,11,12)(H,13,14). The lowest BCUT2D eigenvalue weighted by molar-refractivity contribution is -0.144. The number of rotatable bonds is 5. The van der Waals surface area contributed by atoms with Gasteiger partial charge in [0.25, 0.3) is 0 Å². The lowest BCUT2D eigenvalue weighted by Crippen LogP contribution is -2.44. The molecule has 1 aromatic heterocycles. The van der Waals surface area contributed by atoms with Crippen LogP contribution < -0.4 is 5.73 Å². The maximum Gasteiger partial charge on any atom is 0.328 e. The Balaban J connectivity index is 2.87. The molecule has 0 aliphatic carbocycles. The summed E-state index contributed by atoms with van der Waals surface area (Å²) in [5, 5.41) is 15.3. The fraction of sp³-hybridized carbons (Fsp3) is 0.556. The molecular weight excluding hydrogens is 182 g/mol. The molecule has 0 spiro atoms. The summed E-state index contributed by atoms with van der Waals surface area (Å²) in [7, 11) is 0. The van der Waals surface area contributed by atoms with Gasteiger partial charge in [0.05, 0.1) is 6.20 Å². The van der Waals surface area contributed by atoms with Crippen LogP contribution in [0.2, 0.25) is 0 Å². The minimum absolute atomic E-state index is 0.429. The first-order valence-electron chi connectivity index (χ1n) is 4.62. The molecule has 0 aromatic carbocycles. The van der Waals surface area contributed by atoms with Crippen molar-refractivity contribution in [2.75, 3.05) is 0 Å². The second-order valence-corrected chi connectivity index (χ2v) is 3.37. The van der Waals surface area contributed by atoms with E-state index < -0.39 is 11.5 Å². The number of unbranched alkanes of at least 4 members (excludes halogenated alkanes) is 1. The van der Waals surface area contributed by atoms with E-state index in [2.05, 4.69) is 10.2 Å². The van der Waals surface area contributed by atoms with E-state index in [0.29, 0.717) is 12.0 Å². The summed E-state index contributed by atoms with van der Waals surface area (Å²) in [6.45, 7) is 2.00. The highest BCUT2D eigenvalue weighted by Gasteiger charge is 2.36. The van der Waals surface area contributed by atoms with Crippen molar-refractivity contribution in [2.24, 2.45) is 5.73 Å². The number of carboxylic acid groups (broad SMARTS) is 1. The third kappa shape index (κ3) is 1.93. The van der Waals surface area contributed by atoms with Gasteiger partial charge in [0.2, 0.25) is 0 Å². The maximum absolute atomic E-state index is 11.1. The van der Waals surface area contributed by atoms with Crippen LogP contribution in [0.5, 0.6) is 0 Å². The van der Waals surface area contributed by atoms with Crippen molar-refractivity contribution in [3.63, 3.8) is 0 Å². The van der Waals surface area contributed by atoms with E-state index in [1.165, 1.54) is 12.4 Å². The topological polar surface area (TPSA) is 92.0 Å². The number of hydrogen-bond acceptors (Lipinski definition) is 3. The lowest BCUT2D eigenvalue weighted by atomic mass is 9.88. The number of carboxylic acids is 1. The molecule has 0 amide bonds. The van der Waals surface area contributed by atoms with Crippen molar-refractivity contribution in [2.45, 2.75) is 31.7 Å². The zero-order valence-corrected chi connectivity index (χ0v) is 8.16. The monoisotopic (exact) mass is 197 g/mol. The highest BCUT2D eigenvalue weighted by molar-refractivity contribution is 5.80. The Bertz CT molecular complexity index is 297. The van der Waals surface area contributed by atoms with Crippen molar-refractivity contribution in [3.05, 3.63) is 18.0 Å². The smallest absolute Gasteiger partial charge is 0.328 e. The van der Waals surface area contributed by atoms with Crippen molar-refractivity contribution in [1.29, 1.82) is 0 Å². The second kappa shape index (κ2) is 4.23. The van der Waals surface area contributed by atoms with E-state index in [1.807, 2.05) is 6.92 Å². The Morgan fingerprint density at radius 1 is 1.79 bits per heavy atom. The van der Waals surface area contributed by atoms with Crippen LogP contribution in [0, 0.1) is 0 Å². The molecule has 0 aliphatic heterocycles. The number of nitrogens with zero attached hydrogens (tertiary/aromatic N) is 1. The van der Waals surface area contributed by atoms with Crippen LogP contribution in [-0.4, -0.2) is 21.3 Å². The van der Waals surface area contributed by atoms with Crippen molar-refractivity contribution in [3.8, 4) is 0 Å². The van der Waals surface area contributed by atoms with E-state index in [0.717, 1.165) is 12.8 Å². The van der Waals surface area contributed by atoms with Gasteiger partial charge in [-0.15, -0.1) is 0 Å². The molecule has 4 N–H and O–H groups in total. The van der Waals surface area contributed by atoms with Gasteiger partial charge in [0.1, 0.15) is 5.54 Å². The predicted octanol–water partition coefficient (Wildman–Crippen LogP) is 0.838. The predicted molar refractivity (Wildman–Crippen MR) is 51.6 cm³/mol. The Morgan fingerprint density at radius 3 is 2.93 bits per heavy atom. The Kier molecular flexibility index (Phi) is 3.24. The number of H-pyrrole nitrogens is 1. The van der Waals surface area contributed by atoms with Crippen molar-refractivity contribution in [1.82, 2.24) is 10.2 Å². The van der Waals surface area contributed by atoms with Crippen LogP contribution in [-0.2, 0) is 10.3 Å². The van der Waals surface area contributed by atoms with Gasteiger partial charge in [0.15, 0.2) is 0 Å². The molecule has 1 atom stereocenters. The molecule has 0 radical (unpaired) electrons. The van der Waals surface area contributed by atoms with Gasteiger partial charge in [-0.1, -0.05) is 19.8 Å². The summed E-state index contributed by atoms with van der Waals surface area (Å²) in [4.78, 5) is 11.1. The minimum atomic E-state index is -1.30. The number of carbonyl (C=O) groups is 1. The van der Waals surface area contributed by atoms with E-state index in [4.69, 9.17) is 10.8 Å². The fourth-order valence-electron chi connectivity index (χ4n) is 1.33. The average molecular weight is 197 g/mol. The third-order valence-electron chi connectivity index (χ3n) is 2.32. The molecule has 0 aliphatic rings. The number of nitrogens with one attached hydrogen (secondary N) is 1. The molecular formula is C9H15N3O2. The van der Waals surface area contributed by atoms with Crippen LogP contribution in [0.15, 0.2) is 12.4 Å². The second-order valence-electron chi connectivity index (χ2n) is 3.37. The van der Waals surface area contributed by atoms with Gasteiger partial charge < -0.3 is 10.8 Å². The molecule has 5 nitrogen and oxygen atoms in total. The average Bonchev–Trinajstić information content (AvgIpc) is 2.66. The molecule has 0 saturated heterocycles. The first kappa shape index (κ1) is 10.7. The molecule has 1 heterocycles. The minimum Gasteiger partial charge on any atom is -0.480 e. The van der Waals surface area contributed by atoms with Crippen LogP contribution in [0.4, 0.5) is 0 Å².